The summed E-state index contributed by atoms with van der Waals surface area (Å²) in [6, 6.07) is 9.78. The summed E-state index contributed by atoms with van der Waals surface area (Å²) in [7, 11) is 0. The highest BCUT2D eigenvalue weighted by Gasteiger charge is 2.10. The maximum absolute atomic E-state index is 11.6. The molecule has 0 atom stereocenters. The Morgan fingerprint density at radius 3 is 2.86 bits per heavy atom. The Morgan fingerprint density at radius 1 is 1.33 bits per heavy atom. The molecule has 2 amide bonds. The van der Waals surface area contributed by atoms with E-state index in [0.29, 0.717) is 0 Å². The van der Waals surface area contributed by atoms with Crippen molar-refractivity contribution in [2.24, 2.45) is 0 Å². The third-order valence-corrected chi connectivity index (χ3v) is 3.68. The maximum atomic E-state index is 11.6. The fraction of sp³-hybridized carbons (Fsp3) is 0.267. The number of amides is 2. The first-order valence-corrected chi connectivity index (χ1v) is 7.54. The molecule has 0 aliphatic rings. The molecule has 0 aliphatic carbocycles. The van der Waals surface area contributed by atoms with Crippen LogP contribution in [-0.2, 0) is 9.53 Å². The van der Waals surface area contributed by atoms with Gasteiger partial charge in [0.25, 0.3) is 0 Å². The Kier molecular flexibility index (Phi) is 5.16. The van der Waals surface area contributed by atoms with E-state index in [1.807, 2.05) is 37.3 Å². The molecule has 110 valence electrons. The van der Waals surface area contributed by atoms with Gasteiger partial charge in [-0.1, -0.05) is 30.0 Å². The monoisotopic (exact) mass is 304 g/mol. The summed E-state index contributed by atoms with van der Waals surface area (Å²) in [5.41, 5.74) is 2.00. The number of nitrogens with one attached hydrogen (secondary N) is 1. The van der Waals surface area contributed by atoms with E-state index in [0.717, 1.165) is 21.5 Å². The third-order valence-electron chi connectivity index (χ3n) is 2.77. The van der Waals surface area contributed by atoms with Crippen LogP contribution in [0, 0.1) is 6.92 Å². The molecule has 0 bridgehead atoms. The summed E-state index contributed by atoms with van der Waals surface area (Å²) in [6.45, 7) is 3.92. The number of para-hydroxylation sites is 1. The SMILES string of the molecule is CCOC(=O)NC(=O)CSc1cc(C)c2ccccc2n1. The number of ether oxygens (including phenoxy) is 1. The predicted octanol–water partition coefficient (Wildman–Crippen LogP) is 2.91. The van der Waals surface area contributed by atoms with Crippen molar-refractivity contribution in [2.75, 3.05) is 12.4 Å². The Hall–Kier alpha value is -2.08. The molecule has 21 heavy (non-hydrogen) atoms. The van der Waals surface area contributed by atoms with E-state index < -0.39 is 12.0 Å². The molecule has 2 aromatic rings. The van der Waals surface area contributed by atoms with Gasteiger partial charge in [-0.25, -0.2) is 9.78 Å². The maximum Gasteiger partial charge on any atom is 0.413 e. The number of hydrogen-bond donors (Lipinski definition) is 1. The van der Waals surface area contributed by atoms with Crippen LogP contribution in [0.1, 0.15) is 12.5 Å². The van der Waals surface area contributed by atoms with Crippen LogP contribution in [0.25, 0.3) is 10.9 Å². The quantitative estimate of drug-likeness (QED) is 0.880. The minimum Gasteiger partial charge on any atom is -0.450 e. The highest BCUT2D eigenvalue weighted by Crippen LogP contribution is 2.23. The van der Waals surface area contributed by atoms with Gasteiger partial charge in [0.15, 0.2) is 0 Å². The minimum atomic E-state index is -0.717. The van der Waals surface area contributed by atoms with Gasteiger partial charge in [0, 0.05) is 5.39 Å². The van der Waals surface area contributed by atoms with Crippen molar-refractivity contribution in [2.45, 2.75) is 18.9 Å². The Balaban J connectivity index is 2.00. The number of alkyl carbamates (subject to hydrolysis) is 1. The van der Waals surface area contributed by atoms with Crippen molar-refractivity contribution >= 4 is 34.7 Å². The highest BCUT2D eigenvalue weighted by atomic mass is 32.2. The number of carbonyl (C=O) groups excluding carboxylic acids is 2. The van der Waals surface area contributed by atoms with Crippen molar-refractivity contribution in [3.63, 3.8) is 0 Å². The molecule has 1 heterocycles. The second kappa shape index (κ2) is 7.08. The molecule has 0 radical (unpaired) electrons. The largest absolute Gasteiger partial charge is 0.450 e. The lowest BCUT2D eigenvalue weighted by atomic mass is 10.1. The molecular formula is C15H16N2O3S. The molecule has 0 fully saturated rings. The van der Waals surface area contributed by atoms with E-state index in [1.54, 1.807) is 6.92 Å². The summed E-state index contributed by atoms with van der Waals surface area (Å²) < 4.78 is 4.65. The normalized spacial score (nSPS) is 10.4. The van der Waals surface area contributed by atoms with Crippen molar-refractivity contribution in [3.05, 3.63) is 35.9 Å². The third kappa shape index (κ3) is 4.19. The van der Waals surface area contributed by atoms with Gasteiger partial charge in [-0.15, -0.1) is 0 Å². The van der Waals surface area contributed by atoms with Gasteiger partial charge in [-0.3, -0.25) is 10.1 Å². The molecule has 0 saturated carbocycles. The van der Waals surface area contributed by atoms with Crippen molar-refractivity contribution in [3.8, 4) is 0 Å². The summed E-state index contributed by atoms with van der Waals surface area (Å²) in [5.74, 6) is -0.282. The second-order valence-electron chi connectivity index (χ2n) is 4.35. The second-order valence-corrected chi connectivity index (χ2v) is 5.35. The first-order valence-electron chi connectivity index (χ1n) is 6.56. The zero-order valence-corrected chi connectivity index (χ0v) is 12.7. The number of benzene rings is 1. The number of fused-ring (bicyclic) bond motifs is 1. The number of aryl methyl sites for hydroxylation is 1. The number of hydrogen-bond acceptors (Lipinski definition) is 5. The van der Waals surface area contributed by atoms with Crippen LogP contribution in [0.5, 0.6) is 0 Å². The lowest BCUT2D eigenvalue weighted by Gasteiger charge is -2.06. The fourth-order valence-corrected chi connectivity index (χ4v) is 2.62. The molecule has 0 spiro atoms. The zero-order valence-electron chi connectivity index (χ0n) is 11.9. The van der Waals surface area contributed by atoms with Crippen molar-refractivity contribution < 1.29 is 14.3 Å². The molecule has 0 saturated heterocycles. The molecule has 0 unspecified atom stereocenters. The first kappa shape index (κ1) is 15.3. The topological polar surface area (TPSA) is 68.3 Å². The van der Waals surface area contributed by atoms with Crippen molar-refractivity contribution in [1.82, 2.24) is 10.3 Å². The summed E-state index contributed by atoms with van der Waals surface area (Å²) in [4.78, 5) is 27.2. The number of imide groups is 1. The van der Waals surface area contributed by atoms with E-state index in [1.165, 1.54) is 11.8 Å². The summed E-state index contributed by atoms with van der Waals surface area (Å²) >= 11 is 1.29. The van der Waals surface area contributed by atoms with Crippen LogP contribution in [0.4, 0.5) is 4.79 Å². The van der Waals surface area contributed by atoms with Crippen LogP contribution in [-0.4, -0.2) is 29.3 Å². The molecule has 2 rings (SSSR count). The van der Waals surface area contributed by atoms with Gasteiger partial charge >= 0.3 is 6.09 Å². The van der Waals surface area contributed by atoms with Gasteiger partial charge in [-0.05, 0) is 31.5 Å². The fourth-order valence-electron chi connectivity index (χ4n) is 1.85. The lowest BCUT2D eigenvalue weighted by Crippen LogP contribution is -2.32. The molecular weight excluding hydrogens is 288 g/mol. The van der Waals surface area contributed by atoms with Crippen LogP contribution >= 0.6 is 11.8 Å². The molecule has 6 heteroatoms. The van der Waals surface area contributed by atoms with Gasteiger partial charge in [0.1, 0.15) is 0 Å². The Labute approximate surface area is 127 Å². The predicted molar refractivity (Wildman–Crippen MR) is 82.4 cm³/mol. The first-order chi connectivity index (χ1) is 10.1. The average Bonchev–Trinajstić information content (AvgIpc) is 2.45. The van der Waals surface area contributed by atoms with E-state index >= 15 is 0 Å². The van der Waals surface area contributed by atoms with E-state index in [-0.39, 0.29) is 12.4 Å². The standard InChI is InChI=1S/C15H16N2O3S/c1-3-20-15(19)17-13(18)9-21-14-8-10(2)11-6-4-5-7-12(11)16-14/h4-8H,3,9H2,1-2H3,(H,17,18,19). The smallest absolute Gasteiger partial charge is 0.413 e. The number of pyridine rings is 1. The highest BCUT2D eigenvalue weighted by molar-refractivity contribution is 7.99. The van der Waals surface area contributed by atoms with E-state index in [2.05, 4.69) is 15.0 Å². The Bertz CT molecular complexity index is 673. The number of carbonyl (C=O) groups is 2. The molecule has 5 nitrogen and oxygen atoms in total. The molecule has 1 N–H and O–H groups in total. The molecule has 1 aromatic carbocycles. The minimum absolute atomic E-state index is 0.115. The number of rotatable bonds is 4. The average molecular weight is 304 g/mol. The van der Waals surface area contributed by atoms with Crippen LogP contribution < -0.4 is 5.32 Å². The van der Waals surface area contributed by atoms with E-state index in [4.69, 9.17) is 0 Å². The lowest BCUT2D eigenvalue weighted by molar-refractivity contribution is -0.117. The summed E-state index contributed by atoms with van der Waals surface area (Å²) in [5, 5.41) is 4.00. The van der Waals surface area contributed by atoms with Crippen LogP contribution in [0.2, 0.25) is 0 Å². The van der Waals surface area contributed by atoms with Crippen LogP contribution in [0.15, 0.2) is 35.4 Å². The zero-order chi connectivity index (χ0) is 15.2. The molecule has 0 aliphatic heterocycles. The van der Waals surface area contributed by atoms with E-state index in [9.17, 15) is 9.59 Å². The number of aromatic nitrogens is 1. The van der Waals surface area contributed by atoms with Gasteiger partial charge in [0.2, 0.25) is 5.91 Å². The van der Waals surface area contributed by atoms with Crippen molar-refractivity contribution in [1.29, 1.82) is 0 Å². The van der Waals surface area contributed by atoms with Gasteiger partial charge in [0.05, 0.1) is 22.9 Å². The number of thioether (sulfide) groups is 1. The number of nitrogens with zero attached hydrogens (tertiary/aromatic N) is 1. The molecule has 1 aromatic heterocycles. The summed E-state index contributed by atoms with van der Waals surface area (Å²) in [6.07, 6.45) is -0.717. The Morgan fingerprint density at radius 2 is 2.10 bits per heavy atom. The van der Waals surface area contributed by atoms with Gasteiger partial charge in [-0.2, -0.15) is 0 Å². The van der Waals surface area contributed by atoms with Crippen LogP contribution in [0.3, 0.4) is 0 Å². The van der Waals surface area contributed by atoms with Gasteiger partial charge < -0.3 is 4.74 Å².